The predicted octanol–water partition coefficient (Wildman–Crippen LogP) is 7.75. The summed E-state index contributed by atoms with van der Waals surface area (Å²) in [5.74, 6) is -0.606. The highest BCUT2D eigenvalue weighted by Crippen LogP contribution is 2.30. The van der Waals surface area contributed by atoms with Gasteiger partial charge < -0.3 is 14.3 Å². The summed E-state index contributed by atoms with van der Waals surface area (Å²) in [6.45, 7) is 6.06. The summed E-state index contributed by atoms with van der Waals surface area (Å²) in [6.07, 6.45) is 24.9. The van der Waals surface area contributed by atoms with Gasteiger partial charge in [0.2, 0.25) is 0 Å². The molecule has 0 N–H and O–H groups in total. The molecule has 1 aliphatic heterocycles. The first-order chi connectivity index (χ1) is 13.6. The lowest BCUT2D eigenvalue weighted by Gasteiger charge is -2.16. The molecule has 0 spiro atoms. The average Bonchev–Trinajstić information content (AvgIpc) is 2.98. The third kappa shape index (κ3) is 12.9. The minimum absolute atomic E-state index is 0.0520. The Morgan fingerprint density at radius 3 is 1.43 bits per heavy atom. The van der Waals surface area contributed by atoms with Crippen LogP contribution < -0.4 is 0 Å². The zero-order chi connectivity index (χ0) is 20.5. The lowest BCUT2D eigenvalue weighted by molar-refractivity contribution is -0.150. The molecule has 1 fully saturated rings. The maximum atomic E-state index is 11.1. The van der Waals surface area contributed by atoms with E-state index < -0.39 is 5.79 Å². The lowest BCUT2D eigenvalue weighted by Crippen LogP contribution is -2.23. The fraction of sp³-hybridized carbons (Fsp3) is 0.960. The number of unbranched alkanes of at least 4 members (excludes halogenated alkanes) is 16. The van der Waals surface area contributed by atoms with Gasteiger partial charge in [0.25, 0.3) is 0 Å². The molecule has 0 unspecified atom stereocenters. The Labute approximate surface area is 175 Å². The largest absolute Gasteiger partial charge is 0.344 e. The Balaban J connectivity index is 1.78. The molecule has 0 aliphatic carbocycles. The first-order valence-corrected chi connectivity index (χ1v) is 12.4. The average molecular weight is 397 g/mol. The first-order valence-electron chi connectivity index (χ1n) is 12.4. The molecule has 1 rings (SSSR count). The van der Waals surface area contributed by atoms with Crippen LogP contribution in [0.4, 0.5) is 0 Å². The summed E-state index contributed by atoms with van der Waals surface area (Å²) in [4.78, 5) is 11.1. The zero-order valence-electron chi connectivity index (χ0n) is 19.2. The molecule has 0 radical (unpaired) electrons. The van der Waals surface area contributed by atoms with Crippen LogP contribution in [0.2, 0.25) is 0 Å². The highest BCUT2D eigenvalue weighted by Gasteiger charge is 2.40. The molecule has 1 saturated heterocycles. The van der Waals surface area contributed by atoms with Gasteiger partial charge in [0, 0.05) is 0 Å². The fourth-order valence-corrected chi connectivity index (χ4v) is 4.27. The van der Waals surface area contributed by atoms with Crippen molar-refractivity contribution in [2.45, 2.75) is 154 Å². The zero-order valence-corrected chi connectivity index (χ0v) is 19.2. The SMILES string of the molecule is CCCCCCCCCCCCCCCCCCC[C@H]1OC(C)(C)O[C@H]1C=O. The van der Waals surface area contributed by atoms with E-state index in [-0.39, 0.29) is 12.2 Å². The Kier molecular flexibility index (Phi) is 15.0. The van der Waals surface area contributed by atoms with Crippen molar-refractivity contribution in [3.8, 4) is 0 Å². The number of hydrogen-bond donors (Lipinski definition) is 0. The molecule has 0 bridgehead atoms. The number of ether oxygens (including phenoxy) is 2. The lowest BCUT2D eigenvalue weighted by atomic mass is 10.0. The second-order valence-electron chi connectivity index (χ2n) is 9.22. The number of aldehydes is 1. The second-order valence-corrected chi connectivity index (χ2v) is 9.22. The Morgan fingerprint density at radius 2 is 1.04 bits per heavy atom. The van der Waals surface area contributed by atoms with Crippen LogP contribution in [0.1, 0.15) is 136 Å². The van der Waals surface area contributed by atoms with Crippen molar-refractivity contribution in [2.75, 3.05) is 0 Å². The first kappa shape index (κ1) is 25.6. The van der Waals surface area contributed by atoms with E-state index in [1.165, 1.54) is 103 Å². The molecule has 0 aromatic rings. The number of hydrogen-bond acceptors (Lipinski definition) is 3. The van der Waals surface area contributed by atoms with Gasteiger partial charge in [-0.3, -0.25) is 0 Å². The van der Waals surface area contributed by atoms with Crippen molar-refractivity contribution < 1.29 is 14.3 Å². The van der Waals surface area contributed by atoms with Gasteiger partial charge in [-0.05, 0) is 20.3 Å². The van der Waals surface area contributed by atoms with Crippen molar-refractivity contribution in [1.29, 1.82) is 0 Å². The topological polar surface area (TPSA) is 35.5 Å². The van der Waals surface area contributed by atoms with Gasteiger partial charge in [0.05, 0.1) is 6.10 Å². The Morgan fingerprint density at radius 1 is 0.643 bits per heavy atom. The van der Waals surface area contributed by atoms with Crippen LogP contribution in [-0.2, 0) is 14.3 Å². The van der Waals surface area contributed by atoms with E-state index in [1.54, 1.807) is 0 Å². The van der Waals surface area contributed by atoms with Crippen LogP contribution in [0, 0.1) is 0 Å². The van der Waals surface area contributed by atoms with E-state index in [0.717, 1.165) is 19.1 Å². The second kappa shape index (κ2) is 16.4. The van der Waals surface area contributed by atoms with Gasteiger partial charge in [-0.1, -0.05) is 116 Å². The summed E-state index contributed by atoms with van der Waals surface area (Å²) in [7, 11) is 0. The molecule has 3 nitrogen and oxygen atoms in total. The number of carbonyl (C=O) groups is 1. The summed E-state index contributed by atoms with van der Waals surface area (Å²) in [6, 6.07) is 0. The summed E-state index contributed by atoms with van der Waals surface area (Å²) < 4.78 is 11.4. The van der Waals surface area contributed by atoms with Gasteiger partial charge in [-0.25, -0.2) is 0 Å². The molecule has 2 atom stereocenters. The summed E-state index contributed by atoms with van der Waals surface area (Å²) in [5.41, 5.74) is 0. The minimum atomic E-state index is -0.606. The van der Waals surface area contributed by atoms with E-state index in [9.17, 15) is 4.79 Å². The van der Waals surface area contributed by atoms with E-state index in [0.29, 0.717) is 0 Å². The van der Waals surface area contributed by atoms with E-state index in [4.69, 9.17) is 9.47 Å². The Bertz CT molecular complexity index is 367. The normalized spacial score (nSPS) is 21.2. The van der Waals surface area contributed by atoms with Gasteiger partial charge in [-0.2, -0.15) is 0 Å². The molecule has 0 aromatic carbocycles. The quantitative estimate of drug-likeness (QED) is 0.165. The van der Waals surface area contributed by atoms with Crippen molar-refractivity contribution in [3.05, 3.63) is 0 Å². The molecule has 1 heterocycles. The fourth-order valence-electron chi connectivity index (χ4n) is 4.27. The molecule has 28 heavy (non-hydrogen) atoms. The van der Waals surface area contributed by atoms with E-state index >= 15 is 0 Å². The monoisotopic (exact) mass is 396 g/mol. The molecule has 0 saturated carbocycles. The highest BCUT2D eigenvalue weighted by atomic mass is 16.8. The highest BCUT2D eigenvalue weighted by molar-refractivity contribution is 5.57. The van der Waals surface area contributed by atoms with Crippen LogP contribution in [0.25, 0.3) is 0 Å². The van der Waals surface area contributed by atoms with Gasteiger partial charge >= 0.3 is 0 Å². The van der Waals surface area contributed by atoms with E-state index in [2.05, 4.69) is 6.92 Å². The van der Waals surface area contributed by atoms with Crippen LogP contribution in [0.3, 0.4) is 0 Å². The van der Waals surface area contributed by atoms with Crippen LogP contribution >= 0.6 is 0 Å². The van der Waals surface area contributed by atoms with Crippen molar-refractivity contribution in [1.82, 2.24) is 0 Å². The molecular formula is C25H48O3. The van der Waals surface area contributed by atoms with E-state index in [1.807, 2.05) is 13.8 Å². The van der Waals surface area contributed by atoms with Crippen molar-refractivity contribution in [3.63, 3.8) is 0 Å². The Hall–Kier alpha value is -0.410. The standard InChI is InChI=1S/C25H48O3/c1-4-5-6-7-8-9-10-11-12-13-14-15-16-17-18-19-20-21-23-24(22-26)28-25(2,3)27-23/h22-24H,4-21H2,1-3H3/t23-,24+/m1/s1. The predicted molar refractivity (Wildman–Crippen MR) is 119 cm³/mol. The van der Waals surface area contributed by atoms with Crippen molar-refractivity contribution in [2.24, 2.45) is 0 Å². The maximum Gasteiger partial charge on any atom is 0.164 e. The molecular weight excluding hydrogens is 348 g/mol. The molecule has 166 valence electrons. The number of rotatable bonds is 19. The van der Waals surface area contributed by atoms with Gasteiger partial charge in [-0.15, -0.1) is 0 Å². The van der Waals surface area contributed by atoms with Crippen LogP contribution in [-0.4, -0.2) is 24.3 Å². The van der Waals surface area contributed by atoms with Crippen molar-refractivity contribution >= 4 is 6.29 Å². The number of carbonyl (C=O) groups excluding carboxylic acids is 1. The van der Waals surface area contributed by atoms with Crippen LogP contribution in [0.15, 0.2) is 0 Å². The molecule has 0 amide bonds. The van der Waals surface area contributed by atoms with Crippen LogP contribution in [0.5, 0.6) is 0 Å². The smallest absolute Gasteiger partial charge is 0.164 e. The third-order valence-corrected chi connectivity index (χ3v) is 5.95. The van der Waals surface area contributed by atoms with Gasteiger partial charge in [0.1, 0.15) is 6.10 Å². The third-order valence-electron chi connectivity index (χ3n) is 5.95. The molecule has 3 heteroatoms. The molecule has 0 aromatic heterocycles. The minimum Gasteiger partial charge on any atom is -0.344 e. The van der Waals surface area contributed by atoms with Gasteiger partial charge in [0.15, 0.2) is 12.1 Å². The summed E-state index contributed by atoms with van der Waals surface area (Å²) in [5, 5.41) is 0. The maximum absolute atomic E-state index is 11.1. The molecule has 1 aliphatic rings. The summed E-state index contributed by atoms with van der Waals surface area (Å²) >= 11 is 0.